The van der Waals surface area contributed by atoms with Gasteiger partial charge in [0.05, 0.1) is 12.0 Å². The predicted octanol–water partition coefficient (Wildman–Crippen LogP) is 7.07. The van der Waals surface area contributed by atoms with Gasteiger partial charge in [-0.1, -0.05) is 60.3 Å². The molecule has 8 rings (SSSR count). The van der Waals surface area contributed by atoms with Gasteiger partial charge in [-0.05, 0) is 64.9 Å². The zero-order valence-electron chi connectivity index (χ0n) is 19.0. The van der Waals surface area contributed by atoms with E-state index in [1.807, 2.05) is 24.2 Å². The molecule has 4 aliphatic rings. The average Bonchev–Trinajstić information content (AvgIpc) is 3.61. The molecule has 3 aliphatic heterocycles. The number of aromatic amines is 1. The van der Waals surface area contributed by atoms with Crippen molar-refractivity contribution in [2.24, 2.45) is 21.8 Å². The van der Waals surface area contributed by atoms with Crippen LogP contribution in [0, 0.1) is 11.8 Å². The molecule has 1 N–H and O–H groups in total. The van der Waals surface area contributed by atoms with Gasteiger partial charge in [0.25, 0.3) is 0 Å². The molecule has 3 nitrogen and oxygen atoms in total. The van der Waals surface area contributed by atoms with Crippen LogP contribution in [-0.4, -0.2) is 28.8 Å². The highest BCUT2D eigenvalue weighted by molar-refractivity contribution is 8.00. The van der Waals surface area contributed by atoms with Gasteiger partial charge in [-0.25, -0.2) is 4.99 Å². The number of benzene rings is 3. The zero-order chi connectivity index (χ0) is 23.0. The normalized spacial score (nSPS) is 27.4. The van der Waals surface area contributed by atoms with Gasteiger partial charge in [-0.15, -0.1) is 11.8 Å². The first-order valence-corrected chi connectivity index (χ1v) is 13.9. The first-order chi connectivity index (χ1) is 17.3. The first-order valence-electron chi connectivity index (χ1n) is 12.2. The molecule has 4 atom stereocenters. The van der Waals surface area contributed by atoms with Gasteiger partial charge in [0.1, 0.15) is 5.84 Å². The van der Waals surface area contributed by atoms with Gasteiger partial charge < -0.3 is 4.98 Å². The number of nitrogens with one attached hydrogen (secondary N) is 1. The number of aliphatic imine (C=N–C) groups is 2. The van der Waals surface area contributed by atoms with Crippen molar-refractivity contribution >= 4 is 35.6 Å². The van der Waals surface area contributed by atoms with Crippen molar-refractivity contribution in [2.45, 2.75) is 31.8 Å². The van der Waals surface area contributed by atoms with Gasteiger partial charge >= 0.3 is 0 Å². The molecule has 0 saturated heterocycles. The minimum atomic E-state index is -0.155. The minimum Gasteiger partial charge on any atom is -0.361 e. The van der Waals surface area contributed by atoms with E-state index in [9.17, 15) is 0 Å². The van der Waals surface area contributed by atoms with Crippen molar-refractivity contribution in [3.8, 4) is 11.3 Å². The molecule has 4 heterocycles. The summed E-state index contributed by atoms with van der Waals surface area (Å²) in [5.74, 6) is 1.99. The number of hydrogen-bond donors (Lipinski definition) is 1. The van der Waals surface area contributed by atoms with Crippen LogP contribution in [0.15, 0.2) is 110 Å². The summed E-state index contributed by atoms with van der Waals surface area (Å²) in [4.78, 5) is 17.0. The fourth-order valence-electron chi connectivity index (χ4n) is 6.67. The second kappa shape index (κ2) is 7.49. The Hall–Kier alpha value is -3.02. The third-order valence-electron chi connectivity index (χ3n) is 8.17. The van der Waals surface area contributed by atoms with Crippen molar-refractivity contribution in [2.75, 3.05) is 6.54 Å². The highest BCUT2D eigenvalue weighted by Gasteiger charge is 2.61. The van der Waals surface area contributed by atoms with Crippen LogP contribution >= 0.6 is 23.5 Å². The van der Waals surface area contributed by atoms with Crippen LogP contribution in [0.4, 0.5) is 0 Å². The Morgan fingerprint density at radius 3 is 2.43 bits per heavy atom. The molecule has 1 aromatic heterocycles. The molecule has 0 bridgehead atoms. The third kappa shape index (κ3) is 2.71. The largest absolute Gasteiger partial charge is 0.361 e. The van der Waals surface area contributed by atoms with Gasteiger partial charge in [-0.3, -0.25) is 4.99 Å². The summed E-state index contributed by atoms with van der Waals surface area (Å²) in [6.45, 7) is 0.736. The molecule has 170 valence electrons. The molecule has 1 aliphatic carbocycles. The maximum absolute atomic E-state index is 4.74. The maximum atomic E-state index is 4.74. The Balaban J connectivity index is 1.39. The lowest BCUT2D eigenvalue weighted by molar-refractivity contribution is 0.184. The average molecular weight is 490 g/mol. The summed E-state index contributed by atoms with van der Waals surface area (Å²) in [5, 5.41) is 0.478. The summed E-state index contributed by atoms with van der Waals surface area (Å²) in [6, 6.07) is 29.6. The van der Waals surface area contributed by atoms with Crippen LogP contribution in [0.25, 0.3) is 11.3 Å². The number of nitrogens with zero attached hydrogens (tertiary/aromatic N) is 2. The van der Waals surface area contributed by atoms with E-state index in [1.54, 1.807) is 0 Å². The SMILES string of the molecule is C1=NC(C2CC3C2Sc2ccccc2C32c3ccccc3Sc3cc(-c4ccc[nH]4)ccc32)=NC1. The van der Waals surface area contributed by atoms with Gasteiger partial charge in [0, 0.05) is 44.0 Å². The van der Waals surface area contributed by atoms with E-state index in [2.05, 4.69) is 101 Å². The summed E-state index contributed by atoms with van der Waals surface area (Å²) in [7, 11) is 0. The van der Waals surface area contributed by atoms with Crippen molar-refractivity contribution in [3.63, 3.8) is 0 Å². The molecule has 0 radical (unpaired) electrons. The van der Waals surface area contributed by atoms with Crippen molar-refractivity contribution in [1.29, 1.82) is 0 Å². The maximum Gasteiger partial charge on any atom is 0.127 e. The lowest BCUT2D eigenvalue weighted by atomic mass is 9.52. The Morgan fingerprint density at radius 1 is 0.829 bits per heavy atom. The number of thioether (sulfide) groups is 1. The molecule has 1 saturated carbocycles. The number of amidine groups is 1. The molecule has 1 spiro atoms. The minimum absolute atomic E-state index is 0.155. The lowest BCUT2D eigenvalue weighted by Crippen LogP contribution is -2.58. The summed E-state index contributed by atoms with van der Waals surface area (Å²) >= 11 is 3.98. The fourth-order valence-corrected chi connectivity index (χ4v) is 9.61. The summed E-state index contributed by atoms with van der Waals surface area (Å²) in [6.07, 6.45) is 5.09. The first kappa shape index (κ1) is 20.2. The van der Waals surface area contributed by atoms with Crippen LogP contribution in [0.1, 0.15) is 23.1 Å². The zero-order valence-corrected chi connectivity index (χ0v) is 20.7. The Morgan fingerprint density at radius 2 is 1.63 bits per heavy atom. The van der Waals surface area contributed by atoms with Gasteiger partial charge in [0.2, 0.25) is 0 Å². The van der Waals surface area contributed by atoms with Gasteiger partial charge in [-0.2, -0.15) is 0 Å². The molecule has 3 aromatic carbocycles. The van der Waals surface area contributed by atoms with Crippen LogP contribution < -0.4 is 0 Å². The monoisotopic (exact) mass is 489 g/mol. The molecule has 4 aromatic rings. The number of H-pyrrole nitrogens is 1. The molecule has 1 fully saturated rings. The van der Waals surface area contributed by atoms with Crippen LogP contribution in [0.3, 0.4) is 0 Å². The van der Waals surface area contributed by atoms with Gasteiger partial charge in [0.15, 0.2) is 0 Å². The van der Waals surface area contributed by atoms with Crippen molar-refractivity contribution in [3.05, 3.63) is 102 Å². The van der Waals surface area contributed by atoms with E-state index in [0.29, 0.717) is 17.1 Å². The molecule has 4 unspecified atom stereocenters. The molecule has 5 heteroatoms. The topological polar surface area (TPSA) is 40.5 Å². The predicted molar refractivity (Wildman–Crippen MR) is 145 cm³/mol. The molecular weight excluding hydrogens is 466 g/mol. The van der Waals surface area contributed by atoms with E-state index in [4.69, 9.17) is 4.99 Å². The van der Waals surface area contributed by atoms with Crippen LogP contribution in [-0.2, 0) is 5.41 Å². The molecule has 0 amide bonds. The number of fused-ring (bicyclic) bond motifs is 8. The number of aromatic nitrogens is 1. The van der Waals surface area contributed by atoms with Crippen molar-refractivity contribution in [1.82, 2.24) is 4.98 Å². The highest BCUT2D eigenvalue weighted by atomic mass is 32.2. The smallest absolute Gasteiger partial charge is 0.127 e. The quantitative estimate of drug-likeness (QED) is 0.327. The molecule has 35 heavy (non-hydrogen) atoms. The third-order valence-corrected chi connectivity index (χ3v) is 10.8. The second-order valence-corrected chi connectivity index (χ2v) is 12.0. The van der Waals surface area contributed by atoms with Crippen LogP contribution in [0.5, 0.6) is 0 Å². The van der Waals surface area contributed by atoms with E-state index in [0.717, 1.165) is 18.8 Å². The molecular formula is C30H23N3S2. The lowest BCUT2D eigenvalue weighted by Gasteiger charge is -2.59. The Labute approximate surface area is 213 Å². The van der Waals surface area contributed by atoms with E-state index < -0.39 is 0 Å². The Bertz CT molecular complexity index is 1540. The Kier molecular flexibility index (Phi) is 4.32. The van der Waals surface area contributed by atoms with Crippen LogP contribution in [0.2, 0.25) is 0 Å². The van der Waals surface area contributed by atoms with E-state index in [-0.39, 0.29) is 5.41 Å². The van der Waals surface area contributed by atoms with E-state index in [1.165, 1.54) is 42.6 Å². The summed E-state index contributed by atoms with van der Waals surface area (Å²) in [5.41, 5.74) is 6.63. The standard InChI is InChI=1S/C30H23N3S2/c1-3-9-25-20(6-1)30(22-12-11-18(16-27(22)34-25)24-8-5-13-31-24)21-7-2-4-10-26(21)35-28-19(17-23(28)30)29-32-14-15-33-29/h1-14,16,19,23,28,31H,15,17H2. The summed E-state index contributed by atoms with van der Waals surface area (Å²) < 4.78 is 0. The van der Waals surface area contributed by atoms with E-state index >= 15 is 0 Å². The van der Waals surface area contributed by atoms with Crippen molar-refractivity contribution < 1.29 is 0 Å². The number of rotatable bonds is 2. The second-order valence-electron chi connectivity index (χ2n) is 9.74. The fraction of sp³-hybridized carbons (Fsp3) is 0.200. The number of hydrogen-bond acceptors (Lipinski definition) is 4. The highest BCUT2D eigenvalue weighted by Crippen LogP contribution is 2.68.